The van der Waals surface area contributed by atoms with Crippen LogP contribution in [0.15, 0.2) is 41.4 Å². The van der Waals surface area contributed by atoms with Gasteiger partial charge in [-0.3, -0.25) is 10.7 Å². The average Bonchev–Trinajstić information content (AvgIpc) is 2.78. The molecule has 0 spiro atoms. The Morgan fingerprint density at radius 2 is 1.81 bits per heavy atom. The van der Waals surface area contributed by atoms with Crippen molar-refractivity contribution in [2.24, 2.45) is 10.7 Å². The fourth-order valence-electron chi connectivity index (χ4n) is 3.42. The highest BCUT2D eigenvalue weighted by Crippen LogP contribution is 2.46. The molecule has 0 bridgehead atoms. The van der Waals surface area contributed by atoms with Gasteiger partial charge in [-0.15, -0.1) is 0 Å². The predicted octanol–water partition coefficient (Wildman–Crippen LogP) is 4.35. The maximum atomic E-state index is 6.62. The SMILES string of the molecule is COc1cc(OC)c(Cl)c(-c2cc3c(c(NCc4cccc(N)c4)n2)NC(N)N=C3)c1Cl. The molecule has 1 unspecified atom stereocenters. The van der Waals surface area contributed by atoms with Crippen LogP contribution in [0.3, 0.4) is 0 Å². The van der Waals surface area contributed by atoms with Gasteiger partial charge in [-0.25, -0.2) is 4.98 Å². The van der Waals surface area contributed by atoms with E-state index in [2.05, 4.69) is 15.6 Å². The molecule has 0 amide bonds. The van der Waals surface area contributed by atoms with Crippen molar-refractivity contribution in [1.82, 2.24) is 4.98 Å². The van der Waals surface area contributed by atoms with E-state index in [-0.39, 0.29) is 0 Å². The molecule has 0 fully saturated rings. The van der Waals surface area contributed by atoms with E-state index in [9.17, 15) is 0 Å². The number of nitrogens with two attached hydrogens (primary N) is 2. The van der Waals surface area contributed by atoms with Crippen molar-refractivity contribution in [3.05, 3.63) is 57.6 Å². The predicted molar refractivity (Wildman–Crippen MR) is 130 cm³/mol. The summed E-state index contributed by atoms with van der Waals surface area (Å²) in [7, 11) is 3.05. The Hall–Kier alpha value is -3.20. The summed E-state index contributed by atoms with van der Waals surface area (Å²) in [6.45, 7) is 0.491. The van der Waals surface area contributed by atoms with E-state index in [1.54, 1.807) is 12.3 Å². The number of rotatable bonds is 6. The van der Waals surface area contributed by atoms with Crippen LogP contribution in [-0.4, -0.2) is 31.7 Å². The molecule has 1 aliphatic rings. The van der Waals surface area contributed by atoms with Gasteiger partial charge in [-0.05, 0) is 23.8 Å². The number of aliphatic imine (C=N–C) groups is 1. The molecular formula is C22H22Cl2N6O2. The molecule has 4 rings (SSSR count). The highest BCUT2D eigenvalue weighted by atomic mass is 35.5. The Balaban J connectivity index is 1.83. The second-order valence-electron chi connectivity index (χ2n) is 7.07. The van der Waals surface area contributed by atoms with E-state index >= 15 is 0 Å². The van der Waals surface area contributed by atoms with Gasteiger partial charge >= 0.3 is 0 Å². The number of nitrogens with zero attached hydrogens (tertiary/aromatic N) is 2. The van der Waals surface area contributed by atoms with Crippen LogP contribution in [0.5, 0.6) is 11.5 Å². The van der Waals surface area contributed by atoms with Crippen LogP contribution in [0.4, 0.5) is 17.2 Å². The maximum absolute atomic E-state index is 6.62. The summed E-state index contributed by atoms with van der Waals surface area (Å²) in [5.41, 5.74) is 16.1. The molecule has 2 heterocycles. The van der Waals surface area contributed by atoms with Gasteiger partial charge in [-0.1, -0.05) is 35.3 Å². The average molecular weight is 473 g/mol. The molecule has 0 radical (unpaired) electrons. The van der Waals surface area contributed by atoms with Gasteiger partial charge in [0.1, 0.15) is 11.5 Å². The van der Waals surface area contributed by atoms with E-state index in [4.69, 9.17) is 49.1 Å². The third-order valence-corrected chi connectivity index (χ3v) is 5.71. The maximum Gasteiger partial charge on any atom is 0.171 e. The molecule has 166 valence electrons. The molecule has 1 aromatic heterocycles. The van der Waals surface area contributed by atoms with E-state index in [0.29, 0.717) is 50.9 Å². The molecule has 10 heteroatoms. The Morgan fingerprint density at radius 1 is 1.09 bits per heavy atom. The molecule has 3 aromatic rings. The van der Waals surface area contributed by atoms with Gasteiger partial charge < -0.3 is 25.8 Å². The van der Waals surface area contributed by atoms with E-state index < -0.39 is 6.29 Å². The highest BCUT2D eigenvalue weighted by molar-refractivity contribution is 6.41. The number of hydrogen-bond acceptors (Lipinski definition) is 8. The normalized spacial score (nSPS) is 14.5. The van der Waals surface area contributed by atoms with Crippen LogP contribution in [-0.2, 0) is 6.54 Å². The molecule has 0 aliphatic carbocycles. The van der Waals surface area contributed by atoms with Crippen LogP contribution in [0.1, 0.15) is 11.1 Å². The lowest BCUT2D eigenvalue weighted by Gasteiger charge is -2.23. The molecular weight excluding hydrogens is 451 g/mol. The number of halogens is 2. The highest BCUT2D eigenvalue weighted by Gasteiger charge is 2.23. The number of hydrogen-bond donors (Lipinski definition) is 4. The van der Waals surface area contributed by atoms with Gasteiger partial charge in [0.25, 0.3) is 0 Å². The Labute approximate surface area is 195 Å². The number of nitrogens with one attached hydrogen (secondary N) is 2. The van der Waals surface area contributed by atoms with Crippen LogP contribution >= 0.6 is 23.2 Å². The fourth-order valence-corrected chi connectivity index (χ4v) is 4.11. The zero-order valence-corrected chi connectivity index (χ0v) is 19.0. The number of aromatic nitrogens is 1. The van der Waals surface area contributed by atoms with E-state index in [1.807, 2.05) is 30.3 Å². The number of fused-ring (bicyclic) bond motifs is 1. The number of methoxy groups -OCH3 is 2. The number of benzene rings is 2. The number of pyridine rings is 1. The quantitative estimate of drug-likeness (QED) is 0.393. The zero-order chi connectivity index (χ0) is 22.8. The lowest BCUT2D eigenvalue weighted by Crippen LogP contribution is -2.31. The number of ether oxygens (including phenoxy) is 2. The summed E-state index contributed by atoms with van der Waals surface area (Å²) < 4.78 is 10.8. The Morgan fingerprint density at radius 3 is 2.47 bits per heavy atom. The summed E-state index contributed by atoms with van der Waals surface area (Å²) in [6.07, 6.45) is 1.11. The van der Waals surface area contributed by atoms with Crippen molar-refractivity contribution >= 4 is 46.6 Å². The van der Waals surface area contributed by atoms with Crippen molar-refractivity contribution in [1.29, 1.82) is 0 Å². The first-order valence-corrected chi connectivity index (χ1v) is 10.5. The second kappa shape index (κ2) is 9.12. The first kappa shape index (κ1) is 22.0. The van der Waals surface area contributed by atoms with Gasteiger partial charge in [0.2, 0.25) is 0 Å². The van der Waals surface area contributed by atoms with Crippen LogP contribution in [0, 0.1) is 0 Å². The second-order valence-corrected chi connectivity index (χ2v) is 7.83. The summed E-state index contributed by atoms with van der Waals surface area (Å²) in [5.74, 6) is 1.41. The summed E-state index contributed by atoms with van der Waals surface area (Å²) in [4.78, 5) is 9.04. The van der Waals surface area contributed by atoms with Crippen LogP contribution < -0.4 is 31.6 Å². The standard InChI is InChI=1S/C22H22Cl2N6O2/c1-31-15-8-16(32-2)19(24)17(18(15)23)14-7-12-10-28-22(26)30-20(12)21(29-14)27-9-11-4-3-5-13(25)6-11/h3-8,10,22,30H,9,25-26H2,1-2H3,(H,27,29). The van der Waals surface area contributed by atoms with Crippen molar-refractivity contribution in [2.45, 2.75) is 12.8 Å². The van der Waals surface area contributed by atoms with E-state index in [0.717, 1.165) is 16.8 Å². The first-order chi connectivity index (χ1) is 15.4. The van der Waals surface area contributed by atoms with Crippen LogP contribution in [0.2, 0.25) is 10.0 Å². The van der Waals surface area contributed by atoms with Crippen molar-refractivity contribution in [3.63, 3.8) is 0 Å². The molecule has 8 nitrogen and oxygen atoms in total. The van der Waals surface area contributed by atoms with Crippen molar-refractivity contribution in [2.75, 3.05) is 30.6 Å². The summed E-state index contributed by atoms with van der Waals surface area (Å²) >= 11 is 13.2. The summed E-state index contributed by atoms with van der Waals surface area (Å²) in [5, 5.41) is 7.14. The smallest absolute Gasteiger partial charge is 0.171 e. The van der Waals surface area contributed by atoms with Gasteiger partial charge in [0.05, 0.1) is 35.6 Å². The molecule has 6 N–H and O–H groups in total. The van der Waals surface area contributed by atoms with Crippen LogP contribution in [0.25, 0.3) is 11.3 Å². The third-order valence-electron chi connectivity index (χ3n) is 4.96. The summed E-state index contributed by atoms with van der Waals surface area (Å²) in [6, 6.07) is 11.1. The van der Waals surface area contributed by atoms with Gasteiger partial charge in [-0.2, -0.15) is 0 Å². The molecule has 2 aromatic carbocycles. The topological polar surface area (TPSA) is 120 Å². The lowest BCUT2D eigenvalue weighted by molar-refractivity contribution is 0.395. The number of anilines is 3. The van der Waals surface area contributed by atoms with Gasteiger partial charge in [0.15, 0.2) is 12.1 Å². The van der Waals surface area contributed by atoms with Crippen molar-refractivity contribution < 1.29 is 9.47 Å². The Kier molecular flexibility index (Phi) is 6.27. The zero-order valence-electron chi connectivity index (χ0n) is 17.4. The minimum Gasteiger partial charge on any atom is -0.495 e. The Bertz CT molecular complexity index is 1170. The van der Waals surface area contributed by atoms with Crippen molar-refractivity contribution in [3.8, 4) is 22.8 Å². The number of nitrogen functional groups attached to an aromatic ring is 1. The van der Waals surface area contributed by atoms with E-state index in [1.165, 1.54) is 14.2 Å². The molecule has 0 saturated carbocycles. The third kappa shape index (κ3) is 4.25. The largest absolute Gasteiger partial charge is 0.495 e. The lowest BCUT2D eigenvalue weighted by atomic mass is 10.1. The van der Waals surface area contributed by atoms with Gasteiger partial charge in [0, 0.05) is 35.6 Å². The molecule has 0 saturated heterocycles. The molecule has 32 heavy (non-hydrogen) atoms. The minimum atomic E-state index is -0.577. The fraction of sp³-hybridized carbons (Fsp3) is 0.182. The minimum absolute atomic E-state index is 0.324. The molecule has 1 atom stereocenters. The molecule has 1 aliphatic heterocycles. The first-order valence-electron chi connectivity index (χ1n) is 9.70. The monoisotopic (exact) mass is 472 g/mol.